The molecule has 0 heterocycles. The molecule has 0 aromatic heterocycles. The quantitative estimate of drug-likeness (QED) is 0.265. The molecule has 4 aliphatic rings. The molecule has 35 heavy (non-hydrogen) atoms. The molecular weight excluding hydrogens is 444 g/mol. The molecule has 0 aliphatic heterocycles. The van der Waals surface area contributed by atoms with Crippen molar-refractivity contribution in [3.05, 3.63) is 11.6 Å². The molecule has 0 spiro atoms. The second kappa shape index (κ2) is 10.2. The van der Waals surface area contributed by atoms with Crippen molar-refractivity contribution in [1.29, 1.82) is 0 Å². The van der Waals surface area contributed by atoms with Gasteiger partial charge in [0.15, 0.2) is 8.32 Å². The lowest BCUT2D eigenvalue weighted by Gasteiger charge is -2.58. The van der Waals surface area contributed by atoms with Crippen molar-refractivity contribution in [3.8, 4) is 0 Å². The molecule has 0 bridgehead atoms. The highest BCUT2D eigenvalue weighted by molar-refractivity contribution is 6.77. The van der Waals surface area contributed by atoms with Crippen LogP contribution < -0.4 is 0 Å². The summed E-state index contributed by atoms with van der Waals surface area (Å²) in [6.07, 6.45) is 13.9. The Morgan fingerprint density at radius 1 is 0.914 bits per heavy atom. The summed E-state index contributed by atoms with van der Waals surface area (Å²) in [5, 5.41) is 10.3. The second-order valence-corrected chi connectivity index (χ2v) is 20.3. The highest BCUT2D eigenvalue weighted by Gasteiger charge is 2.59. The van der Waals surface area contributed by atoms with E-state index in [-0.39, 0.29) is 6.10 Å². The molecule has 0 amide bonds. The van der Waals surface area contributed by atoms with Gasteiger partial charge in [-0.2, -0.15) is 0 Å². The first-order valence-corrected chi connectivity index (χ1v) is 17.5. The SMILES string of the molecule is CC(C)[Si](OCC[C@@H](C)[C@H]1CC[C@H]2[C@@H]3CC=C4C[C@@H](O)CC[C@]4(C)[C@H]3CC[C@]12C)(C(C)C)C(C)C. The lowest BCUT2D eigenvalue weighted by Crippen LogP contribution is -2.51. The number of fused-ring (bicyclic) bond motifs is 5. The number of hydrogen-bond donors (Lipinski definition) is 1. The molecular formula is C32H58O2Si. The van der Waals surface area contributed by atoms with Gasteiger partial charge in [-0.3, -0.25) is 0 Å². The Labute approximate surface area is 219 Å². The number of aliphatic hydroxyl groups is 1. The molecule has 0 aromatic rings. The van der Waals surface area contributed by atoms with Crippen LogP contribution in [0.2, 0.25) is 16.6 Å². The van der Waals surface area contributed by atoms with Gasteiger partial charge in [0.2, 0.25) is 0 Å². The van der Waals surface area contributed by atoms with Crippen LogP contribution in [-0.4, -0.2) is 26.1 Å². The predicted molar refractivity (Wildman–Crippen MR) is 152 cm³/mol. The maximum atomic E-state index is 10.3. The monoisotopic (exact) mass is 502 g/mol. The van der Waals surface area contributed by atoms with Crippen LogP contribution in [0.3, 0.4) is 0 Å². The molecule has 3 heteroatoms. The first kappa shape index (κ1) is 27.9. The molecule has 202 valence electrons. The Bertz CT molecular complexity index is 750. The van der Waals surface area contributed by atoms with Crippen molar-refractivity contribution in [1.82, 2.24) is 0 Å². The van der Waals surface area contributed by atoms with Gasteiger partial charge < -0.3 is 9.53 Å². The fraction of sp³-hybridized carbons (Fsp3) is 0.938. The number of allylic oxidation sites excluding steroid dienone is 1. The molecule has 0 radical (unpaired) electrons. The minimum absolute atomic E-state index is 0.0949. The van der Waals surface area contributed by atoms with Gasteiger partial charge in [-0.15, -0.1) is 0 Å². The van der Waals surface area contributed by atoms with Gasteiger partial charge in [-0.25, -0.2) is 0 Å². The Balaban J connectivity index is 1.43. The lowest BCUT2D eigenvalue weighted by molar-refractivity contribution is -0.0577. The first-order chi connectivity index (χ1) is 16.4. The largest absolute Gasteiger partial charge is 0.416 e. The minimum Gasteiger partial charge on any atom is -0.416 e. The van der Waals surface area contributed by atoms with Crippen LogP contribution >= 0.6 is 0 Å². The molecule has 0 unspecified atom stereocenters. The summed E-state index contributed by atoms with van der Waals surface area (Å²) in [4.78, 5) is 0. The van der Waals surface area contributed by atoms with E-state index in [0.717, 1.165) is 49.0 Å². The van der Waals surface area contributed by atoms with Crippen molar-refractivity contribution in [2.75, 3.05) is 6.61 Å². The smallest absolute Gasteiger partial charge is 0.200 e. The van der Waals surface area contributed by atoms with Crippen LogP contribution in [0, 0.1) is 40.4 Å². The standard InChI is InChI=1S/C32H58O2Si/c1-21(2)35(22(3)4,23(5)6)34-19-16-24(7)28-12-13-29-27-11-10-25-20-26(33)14-17-31(25,8)30(27)15-18-32(28,29)9/h10,21-24,26-30,33H,11-20H2,1-9H3/t24-,26+,27+,28-,29+,30+,31+,32-/m1/s1. The van der Waals surface area contributed by atoms with Crippen molar-refractivity contribution in [2.45, 2.75) is 143 Å². The summed E-state index contributed by atoms with van der Waals surface area (Å²) in [7, 11) is -1.76. The van der Waals surface area contributed by atoms with Gasteiger partial charge in [0.25, 0.3) is 0 Å². The maximum absolute atomic E-state index is 10.3. The van der Waals surface area contributed by atoms with E-state index in [4.69, 9.17) is 4.43 Å². The zero-order chi connectivity index (χ0) is 25.8. The molecule has 3 saturated carbocycles. The predicted octanol–water partition coefficient (Wildman–Crippen LogP) is 9.14. The fourth-order valence-corrected chi connectivity index (χ4v) is 16.2. The van der Waals surface area contributed by atoms with Gasteiger partial charge in [0.05, 0.1) is 6.10 Å². The minimum atomic E-state index is -1.76. The second-order valence-electron chi connectivity index (χ2n) is 14.8. The third kappa shape index (κ3) is 4.56. The zero-order valence-electron chi connectivity index (χ0n) is 24.7. The van der Waals surface area contributed by atoms with E-state index in [1.807, 2.05) is 0 Å². The zero-order valence-corrected chi connectivity index (χ0v) is 25.7. The van der Waals surface area contributed by atoms with Gasteiger partial charge >= 0.3 is 0 Å². The van der Waals surface area contributed by atoms with E-state index in [0.29, 0.717) is 27.5 Å². The average Bonchev–Trinajstić information content (AvgIpc) is 3.13. The fourth-order valence-electron chi connectivity index (χ4n) is 10.7. The van der Waals surface area contributed by atoms with Gasteiger partial charge in [-0.05, 0) is 115 Å². The van der Waals surface area contributed by atoms with E-state index in [1.165, 1.54) is 44.9 Å². The molecule has 1 N–H and O–H groups in total. The molecule has 4 rings (SSSR count). The van der Waals surface area contributed by atoms with E-state index in [9.17, 15) is 5.11 Å². The van der Waals surface area contributed by atoms with Crippen LogP contribution in [0.15, 0.2) is 11.6 Å². The van der Waals surface area contributed by atoms with Crippen molar-refractivity contribution >= 4 is 8.32 Å². The van der Waals surface area contributed by atoms with E-state index in [2.05, 4.69) is 68.4 Å². The molecule has 3 fully saturated rings. The van der Waals surface area contributed by atoms with E-state index in [1.54, 1.807) is 5.57 Å². The molecule has 0 aromatic carbocycles. The van der Waals surface area contributed by atoms with Crippen LogP contribution in [0.1, 0.15) is 120 Å². The summed E-state index contributed by atoms with van der Waals surface area (Å²) in [6.45, 7) is 23.2. The van der Waals surface area contributed by atoms with Crippen molar-refractivity contribution < 1.29 is 9.53 Å². The van der Waals surface area contributed by atoms with Gasteiger partial charge in [0, 0.05) is 6.61 Å². The Hall–Kier alpha value is -0.123. The molecule has 2 nitrogen and oxygen atoms in total. The average molecular weight is 503 g/mol. The summed E-state index contributed by atoms with van der Waals surface area (Å²) in [5.74, 6) is 4.23. The molecule has 0 saturated heterocycles. The highest BCUT2D eigenvalue weighted by Crippen LogP contribution is 2.67. The van der Waals surface area contributed by atoms with Crippen LogP contribution in [0.4, 0.5) is 0 Å². The summed E-state index contributed by atoms with van der Waals surface area (Å²) in [5.41, 5.74) is 4.50. The van der Waals surface area contributed by atoms with Crippen molar-refractivity contribution in [2.24, 2.45) is 40.4 Å². The summed E-state index contributed by atoms with van der Waals surface area (Å²) in [6, 6.07) is 0. The summed E-state index contributed by atoms with van der Waals surface area (Å²) >= 11 is 0. The maximum Gasteiger partial charge on any atom is 0.200 e. The van der Waals surface area contributed by atoms with E-state index >= 15 is 0 Å². The highest BCUT2D eigenvalue weighted by atomic mass is 28.4. The Kier molecular flexibility index (Phi) is 8.14. The number of rotatable bonds is 8. The first-order valence-electron chi connectivity index (χ1n) is 15.4. The van der Waals surface area contributed by atoms with Crippen LogP contribution in [0.25, 0.3) is 0 Å². The number of aliphatic hydroxyl groups excluding tert-OH is 1. The Morgan fingerprint density at radius 3 is 2.20 bits per heavy atom. The lowest BCUT2D eigenvalue weighted by atomic mass is 9.47. The normalized spacial score (nSPS) is 40.5. The van der Waals surface area contributed by atoms with Gasteiger partial charge in [0.1, 0.15) is 0 Å². The van der Waals surface area contributed by atoms with Gasteiger partial charge in [-0.1, -0.05) is 74.0 Å². The topological polar surface area (TPSA) is 29.5 Å². The third-order valence-electron chi connectivity index (χ3n) is 12.5. The van der Waals surface area contributed by atoms with Crippen LogP contribution in [0.5, 0.6) is 0 Å². The third-order valence-corrected chi connectivity index (χ3v) is 18.6. The summed E-state index contributed by atoms with van der Waals surface area (Å²) < 4.78 is 6.99. The van der Waals surface area contributed by atoms with E-state index < -0.39 is 8.32 Å². The molecule has 4 aliphatic carbocycles. The van der Waals surface area contributed by atoms with Crippen molar-refractivity contribution in [3.63, 3.8) is 0 Å². The van der Waals surface area contributed by atoms with Crippen LogP contribution in [-0.2, 0) is 4.43 Å². The molecule has 8 atom stereocenters. The number of hydrogen-bond acceptors (Lipinski definition) is 2. The Morgan fingerprint density at radius 2 is 1.57 bits per heavy atom.